The lowest BCUT2D eigenvalue weighted by atomic mass is 9.79. The lowest BCUT2D eigenvalue weighted by molar-refractivity contribution is -0.145. The van der Waals surface area contributed by atoms with Gasteiger partial charge < -0.3 is 4.74 Å². The smallest absolute Gasteiger partial charge is 0.309 e. The summed E-state index contributed by atoms with van der Waals surface area (Å²) in [6, 6.07) is 10.7. The first-order valence-corrected chi connectivity index (χ1v) is 8.74. The minimum absolute atomic E-state index is 0.0728. The van der Waals surface area contributed by atoms with Gasteiger partial charge in [0, 0.05) is 0 Å². The Kier molecular flexibility index (Phi) is 3.64. The summed E-state index contributed by atoms with van der Waals surface area (Å²) >= 11 is 0. The Morgan fingerprint density at radius 1 is 1.12 bits per heavy atom. The van der Waals surface area contributed by atoms with Gasteiger partial charge in [0.05, 0.1) is 13.0 Å². The van der Waals surface area contributed by atoms with E-state index in [4.69, 9.17) is 4.74 Å². The average Bonchev–Trinajstić information content (AvgIpc) is 2.65. The molecule has 0 aliphatic heterocycles. The van der Waals surface area contributed by atoms with Gasteiger partial charge in [-0.3, -0.25) is 4.79 Å². The van der Waals surface area contributed by atoms with Crippen molar-refractivity contribution in [1.29, 1.82) is 0 Å². The molecule has 3 aromatic rings. The second-order valence-electron chi connectivity index (χ2n) is 7.02. The normalized spacial score (nSPS) is 16.8. The Bertz CT molecular complexity index is 1120. The Morgan fingerprint density at radius 3 is 2.64 bits per heavy atom. The van der Waals surface area contributed by atoms with Crippen LogP contribution in [0.1, 0.15) is 23.1 Å². The van der Waals surface area contributed by atoms with Crippen LogP contribution in [-0.2, 0) is 22.4 Å². The molecule has 0 radical (unpaired) electrons. The highest BCUT2D eigenvalue weighted by atomic mass is 16.5. The molecule has 126 valence electrons. The van der Waals surface area contributed by atoms with Crippen LogP contribution in [0, 0.1) is 12.8 Å². The second kappa shape index (κ2) is 5.73. The second-order valence-corrected chi connectivity index (χ2v) is 7.02. The van der Waals surface area contributed by atoms with Gasteiger partial charge in [-0.2, -0.15) is 0 Å². The van der Waals surface area contributed by atoms with Gasteiger partial charge in [0.25, 0.3) is 0 Å². The fourth-order valence-corrected chi connectivity index (χ4v) is 4.42. The molecule has 0 fully saturated rings. The Balaban J connectivity index is 2.06. The van der Waals surface area contributed by atoms with Crippen molar-refractivity contribution in [3.8, 4) is 0 Å². The van der Waals surface area contributed by atoms with Crippen molar-refractivity contribution in [1.82, 2.24) is 0 Å². The SMILES string of the molecule is C=c1c2c(c(=C)c3c(C)c4ccccc4cc13)CCC(C(=O)OC)C2. The quantitative estimate of drug-likeness (QED) is 0.505. The molecule has 1 aliphatic carbocycles. The fourth-order valence-electron chi connectivity index (χ4n) is 4.42. The molecule has 0 saturated carbocycles. The predicted octanol–water partition coefficient (Wildman–Crippen LogP) is 3.40. The first-order chi connectivity index (χ1) is 12.0. The minimum atomic E-state index is -0.120. The number of carbonyl (C=O) groups is 1. The van der Waals surface area contributed by atoms with Crippen molar-refractivity contribution < 1.29 is 9.53 Å². The van der Waals surface area contributed by atoms with Crippen LogP contribution < -0.4 is 10.4 Å². The molecule has 0 aromatic heterocycles. The lowest BCUT2D eigenvalue weighted by Crippen LogP contribution is -2.32. The number of fused-ring (bicyclic) bond motifs is 3. The number of hydrogen-bond acceptors (Lipinski definition) is 2. The van der Waals surface area contributed by atoms with E-state index in [1.807, 2.05) is 0 Å². The Morgan fingerprint density at radius 2 is 1.88 bits per heavy atom. The van der Waals surface area contributed by atoms with E-state index >= 15 is 0 Å². The van der Waals surface area contributed by atoms with Gasteiger partial charge in [-0.05, 0) is 80.9 Å². The maximum atomic E-state index is 12.0. The number of carbonyl (C=O) groups excluding carboxylic acids is 1. The van der Waals surface area contributed by atoms with Crippen molar-refractivity contribution in [2.45, 2.75) is 26.2 Å². The zero-order chi connectivity index (χ0) is 17.7. The average molecular weight is 330 g/mol. The van der Waals surface area contributed by atoms with Crippen molar-refractivity contribution in [2.75, 3.05) is 7.11 Å². The Hall–Kier alpha value is -2.61. The van der Waals surface area contributed by atoms with Crippen LogP contribution in [0.25, 0.3) is 34.7 Å². The molecule has 0 spiro atoms. The number of ether oxygens (including phenoxy) is 1. The Labute approximate surface area is 147 Å². The van der Waals surface area contributed by atoms with Crippen molar-refractivity contribution in [2.24, 2.45) is 5.92 Å². The zero-order valence-electron chi connectivity index (χ0n) is 14.8. The molecule has 0 saturated heterocycles. The monoisotopic (exact) mass is 330 g/mol. The van der Waals surface area contributed by atoms with E-state index in [0.717, 1.165) is 28.7 Å². The summed E-state index contributed by atoms with van der Waals surface area (Å²) in [5.41, 5.74) is 3.73. The molecule has 1 unspecified atom stereocenters. The third kappa shape index (κ3) is 2.28. The minimum Gasteiger partial charge on any atom is -0.469 e. The van der Waals surface area contributed by atoms with Gasteiger partial charge in [0.15, 0.2) is 0 Å². The summed E-state index contributed by atoms with van der Waals surface area (Å²) in [4.78, 5) is 12.0. The van der Waals surface area contributed by atoms with E-state index in [1.54, 1.807) is 0 Å². The van der Waals surface area contributed by atoms with Gasteiger partial charge in [0.1, 0.15) is 0 Å². The number of methoxy groups -OCH3 is 1. The molecule has 0 amide bonds. The predicted molar refractivity (Wildman–Crippen MR) is 104 cm³/mol. The van der Waals surface area contributed by atoms with E-state index in [9.17, 15) is 4.79 Å². The molecule has 4 rings (SSSR count). The summed E-state index contributed by atoms with van der Waals surface area (Å²) < 4.78 is 4.96. The van der Waals surface area contributed by atoms with Crippen LogP contribution in [0.4, 0.5) is 0 Å². The topological polar surface area (TPSA) is 26.3 Å². The summed E-state index contributed by atoms with van der Waals surface area (Å²) in [6.45, 7) is 11.0. The highest BCUT2D eigenvalue weighted by Crippen LogP contribution is 2.28. The van der Waals surface area contributed by atoms with E-state index in [0.29, 0.717) is 6.42 Å². The van der Waals surface area contributed by atoms with Crippen molar-refractivity contribution >= 4 is 40.7 Å². The maximum Gasteiger partial charge on any atom is 0.309 e. The molecular weight excluding hydrogens is 308 g/mol. The highest BCUT2D eigenvalue weighted by molar-refractivity contribution is 6.03. The van der Waals surface area contributed by atoms with Crippen LogP contribution in [0.5, 0.6) is 0 Å². The van der Waals surface area contributed by atoms with E-state index < -0.39 is 0 Å². The van der Waals surface area contributed by atoms with Gasteiger partial charge in [-0.15, -0.1) is 0 Å². The van der Waals surface area contributed by atoms with Crippen LogP contribution in [-0.4, -0.2) is 13.1 Å². The number of rotatable bonds is 1. The van der Waals surface area contributed by atoms with Crippen LogP contribution in [0.3, 0.4) is 0 Å². The van der Waals surface area contributed by atoms with Crippen LogP contribution in [0.15, 0.2) is 30.3 Å². The first kappa shape index (κ1) is 15.9. The van der Waals surface area contributed by atoms with E-state index in [-0.39, 0.29) is 11.9 Å². The van der Waals surface area contributed by atoms with Gasteiger partial charge in [-0.25, -0.2) is 0 Å². The maximum absolute atomic E-state index is 12.0. The number of esters is 1. The molecular formula is C23H22O2. The van der Waals surface area contributed by atoms with Crippen LogP contribution >= 0.6 is 0 Å². The van der Waals surface area contributed by atoms with E-state index in [1.165, 1.54) is 40.0 Å². The number of benzene rings is 3. The fraction of sp³-hybridized carbons (Fsp3) is 0.261. The number of hydrogen-bond donors (Lipinski definition) is 0. The third-order valence-electron chi connectivity index (χ3n) is 5.76. The third-order valence-corrected chi connectivity index (χ3v) is 5.76. The number of aryl methyl sites for hydroxylation is 1. The summed E-state index contributed by atoms with van der Waals surface area (Å²) in [5.74, 6) is -0.193. The largest absolute Gasteiger partial charge is 0.469 e. The summed E-state index contributed by atoms with van der Waals surface area (Å²) in [6.07, 6.45) is 2.38. The summed E-state index contributed by atoms with van der Waals surface area (Å²) in [7, 11) is 1.46. The molecule has 0 heterocycles. The van der Waals surface area contributed by atoms with E-state index in [2.05, 4.69) is 50.4 Å². The first-order valence-electron chi connectivity index (χ1n) is 8.74. The van der Waals surface area contributed by atoms with Gasteiger partial charge in [0.2, 0.25) is 0 Å². The van der Waals surface area contributed by atoms with Crippen LogP contribution in [0.2, 0.25) is 0 Å². The van der Waals surface area contributed by atoms with Crippen molar-refractivity contribution in [3.63, 3.8) is 0 Å². The zero-order valence-corrected chi connectivity index (χ0v) is 14.8. The molecule has 1 aliphatic rings. The van der Waals surface area contributed by atoms with Gasteiger partial charge >= 0.3 is 5.97 Å². The molecule has 0 N–H and O–H groups in total. The lowest BCUT2D eigenvalue weighted by Gasteiger charge is -2.25. The van der Waals surface area contributed by atoms with Gasteiger partial charge in [-0.1, -0.05) is 37.4 Å². The molecule has 0 bridgehead atoms. The molecule has 1 atom stereocenters. The molecule has 3 aromatic carbocycles. The molecule has 2 nitrogen and oxygen atoms in total. The summed E-state index contributed by atoms with van der Waals surface area (Å²) in [5, 5.41) is 7.01. The highest BCUT2D eigenvalue weighted by Gasteiger charge is 2.27. The molecule has 25 heavy (non-hydrogen) atoms. The standard InChI is InChI=1S/C23H22O2/c1-13-20-12-17(23(24)25-4)9-10-19(20)15(3)22-14(2)18-8-6-5-7-16(18)11-21(13)22/h5-8,11,17H,1,3,9-10,12H2,2,4H3. The molecule has 2 heteroatoms. The van der Waals surface area contributed by atoms with Crippen molar-refractivity contribution in [3.05, 3.63) is 57.5 Å².